The van der Waals surface area contributed by atoms with Gasteiger partial charge in [-0.25, -0.2) is 0 Å². The molecular formula is C44H75NO34. The topological polar surface area (TPSA) is 554 Å². The summed E-state index contributed by atoms with van der Waals surface area (Å²) in [5.41, 5.74) is 0. The molecule has 0 aliphatic carbocycles. The van der Waals surface area contributed by atoms with Gasteiger partial charge in [0.2, 0.25) is 5.91 Å². The molecule has 35 nitrogen and oxygen atoms in total. The fourth-order valence-corrected chi connectivity index (χ4v) is 10.3. The predicted octanol–water partition coefficient (Wildman–Crippen LogP) is -14.1. The van der Waals surface area contributed by atoms with Crippen LogP contribution in [0.2, 0.25) is 0 Å². The van der Waals surface area contributed by atoms with Crippen molar-refractivity contribution in [1.29, 1.82) is 0 Å². The van der Waals surface area contributed by atoms with Gasteiger partial charge in [-0.05, 0) is 13.8 Å². The van der Waals surface area contributed by atoms with Gasteiger partial charge in [0, 0.05) is 6.92 Å². The second-order valence-corrected chi connectivity index (χ2v) is 20.3. The molecule has 7 heterocycles. The monoisotopic (exact) mass is 1160 g/mol. The Bertz CT molecular complexity index is 1900. The van der Waals surface area contributed by atoms with Crippen molar-refractivity contribution in [2.24, 2.45) is 0 Å². The number of aliphatic hydroxyl groups is 20. The van der Waals surface area contributed by atoms with E-state index < -0.39 is 254 Å². The van der Waals surface area contributed by atoms with E-state index in [1.54, 1.807) is 0 Å². The van der Waals surface area contributed by atoms with Crippen molar-refractivity contribution >= 4 is 5.91 Å². The van der Waals surface area contributed by atoms with Crippen LogP contribution >= 0.6 is 0 Å². The summed E-state index contributed by atoms with van der Waals surface area (Å²) >= 11 is 0. The predicted molar refractivity (Wildman–Crippen MR) is 241 cm³/mol. The van der Waals surface area contributed by atoms with E-state index in [4.69, 9.17) is 61.6 Å². The van der Waals surface area contributed by atoms with Crippen LogP contribution in [-0.2, 0) is 66.4 Å². The van der Waals surface area contributed by atoms with Crippen LogP contribution in [0.1, 0.15) is 20.8 Å². The van der Waals surface area contributed by atoms with Gasteiger partial charge in [-0.15, -0.1) is 0 Å². The number of aliphatic hydroxyl groups excluding tert-OH is 20. The molecule has 460 valence electrons. The summed E-state index contributed by atoms with van der Waals surface area (Å²) in [7, 11) is 0. The normalized spacial score (nSPS) is 52.9. The van der Waals surface area contributed by atoms with Crippen LogP contribution in [0.4, 0.5) is 0 Å². The Kier molecular flexibility index (Phi) is 22.5. The molecule has 0 unspecified atom stereocenters. The van der Waals surface area contributed by atoms with Crippen LogP contribution in [0.3, 0.4) is 0 Å². The second-order valence-electron chi connectivity index (χ2n) is 20.3. The van der Waals surface area contributed by atoms with Crippen molar-refractivity contribution in [2.45, 2.75) is 236 Å². The maximum atomic E-state index is 13.2. The first-order valence-electron chi connectivity index (χ1n) is 25.4. The zero-order chi connectivity index (χ0) is 58.2. The molecule has 0 aromatic rings. The van der Waals surface area contributed by atoms with Gasteiger partial charge in [0.15, 0.2) is 44.0 Å². The molecule has 7 aliphatic heterocycles. The first kappa shape index (κ1) is 64.7. The van der Waals surface area contributed by atoms with Gasteiger partial charge in [0.25, 0.3) is 0 Å². The highest BCUT2D eigenvalue weighted by atomic mass is 16.8. The molecule has 7 fully saturated rings. The summed E-state index contributed by atoms with van der Waals surface area (Å²) in [4.78, 5) is 13.2. The largest absolute Gasteiger partial charge is 0.394 e. The fourth-order valence-electron chi connectivity index (χ4n) is 10.3. The average Bonchev–Trinajstić information content (AvgIpc) is 3.55. The number of ether oxygens (including phenoxy) is 13. The Morgan fingerprint density at radius 3 is 1.08 bits per heavy atom. The minimum absolute atomic E-state index is 0.909. The Morgan fingerprint density at radius 1 is 0.329 bits per heavy atom. The zero-order valence-corrected chi connectivity index (χ0v) is 42.4. The maximum Gasteiger partial charge on any atom is 0.217 e. The van der Waals surface area contributed by atoms with Gasteiger partial charge in [0.1, 0.15) is 159 Å². The van der Waals surface area contributed by atoms with Gasteiger partial charge in [-0.1, -0.05) is 0 Å². The van der Waals surface area contributed by atoms with Crippen LogP contribution in [0.5, 0.6) is 0 Å². The summed E-state index contributed by atoms with van der Waals surface area (Å²) in [5, 5.41) is 218. The van der Waals surface area contributed by atoms with Crippen molar-refractivity contribution in [3.8, 4) is 0 Å². The number of rotatable bonds is 18. The van der Waals surface area contributed by atoms with E-state index in [1.807, 2.05) is 0 Å². The van der Waals surface area contributed by atoms with Gasteiger partial charge in [-0.3, -0.25) is 4.79 Å². The summed E-state index contributed by atoms with van der Waals surface area (Å²) < 4.78 is 75.5. The third-order valence-electron chi connectivity index (χ3n) is 14.9. The number of nitrogens with one attached hydrogen (secondary N) is 1. The average molecular weight is 1160 g/mol. The third kappa shape index (κ3) is 13.5. The first-order chi connectivity index (χ1) is 37.3. The molecule has 79 heavy (non-hydrogen) atoms. The smallest absolute Gasteiger partial charge is 0.217 e. The van der Waals surface area contributed by atoms with E-state index in [2.05, 4.69) is 5.32 Å². The summed E-state index contributed by atoms with van der Waals surface area (Å²) in [6, 6.07) is -1.91. The minimum atomic E-state index is -2.30. The van der Waals surface area contributed by atoms with Gasteiger partial charge < -0.3 is 169 Å². The standard InChI is InChI=1S/C44H75NO34/c1-9-18(52)23(57)26(60)40(67-9)76-34-17(45-11(3)51)39(73-16(8-50)32(34)74-43-31(65)36(22(56)14(6-48)71-43)78-42-28(62)25(59)20(54)12(4-46)70-42)77-35-21(55)13(5-47)72-44(30(35)64)75-33-15(7-49)69-38(66)29(63)37(33)79-41-27(61)24(58)19(53)10(2)68-41/h9-10,12-44,46-50,52-66H,4-8H2,1-3H3,(H,45,51)/t9-,10-,12+,13+,14+,15+,16+,17+,18+,19+,20-,21-,22-,23+,24+,25-,26-,27-,28+,29+,30+,31+,32+,33+,34+,35-,36-,37+,38+,39-,40-,41-,42+,43-,44-/m0/s1. The van der Waals surface area contributed by atoms with Gasteiger partial charge in [0.05, 0.1) is 45.2 Å². The second kappa shape index (κ2) is 27.5. The number of hydrogen-bond acceptors (Lipinski definition) is 34. The van der Waals surface area contributed by atoms with E-state index in [1.165, 1.54) is 13.8 Å². The molecule has 0 aromatic carbocycles. The van der Waals surface area contributed by atoms with Crippen molar-refractivity contribution in [2.75, 3.05) is 33.0 Å². The Hall–Kier alpha value is -1.85. The Morgan fingerprint density at radius 2 is 0.646 bits per heavy atom. The van der Waals surface area contributed by atoms with Crippen LogP contribution in [0.15, 0.2) is 0 Å². The van der Waals surface area contributed by atoms with E-state index in [0.717, 1.165) is 6.92 Å². The summed E-state index contributed by atoms with van der Waals surface area (Å²) in [6.45, 7) is -1.63. The third-order valence-corrected chi connectivity index (χ3v) is 14.9. The van der Waals surface area contributed by atoms with E-state index in [0.29, 0.717) is 0 Å². The Balaban J connectivity index is 1.21. The lowest BCUT2D eigenvalue weighted by Gasteiger charge is -2.52. The molecule has 0 radical (unpaired) electrons. The lowest BCUT2D eigenvalue weighted by molar-refractivity contribution is -0.400. The lowest BCUT2D eigenvalue weighted by Crippen LogP contribution is -2.71. The van der Waals surface area contributed by atoms with Crippen LogP contribution in [0, 0.1) is 0 Å². The SMILES string of the molecule is CC(=O)N[C@H]1[C@H](O[C@H]2[C@@H](O)[C@@H](CO)O[C@@H](O[C@H]3[C@H](O[C@@H]4O[C@@H](C)[C@@H](O)[C@@H](O)[C@@H]4O)[C@@H](O)[C@H](O)O[C@@H]3CO)[C@@H]2O)O[C@H](CO)[C@@H](O[C@@H]2O[C@H](CO)[C@H](O)[C@H](O[C@H]3O[C@H](CO)[C@H](O)[C@H](O)[C@H]3O)[C@H]2O)[C@@H]1O[C@@H]1O[C@@H](C)[C@@H](O)[C@@H](O)[C@@H]1O. The van der Waals surface area contributed by atoms with Crippen molar-refractivity contribution in [3.63, 3.8) is 0 Å². The fraction of sp³-hybridized carbons (Fsp3) is 0.977. The molecule has 35 atom stereocenters. The molecule has 0 spiro atoms. The number of amides is 1. The molecule has 0 aromatic heterocycles. The number of hydrogen-bond donors (Lipinski definition) is 21. The molecule has 7 aliphatic rings. The highest BCUT2D eigenvalue weighted by Crippen LogP contribution is 2.39. The van der Waals surface area contributed by atoms with Crippen molar-refractivity contribution < 1.29 is 169 Å². The minimum Gasteiger partial charge on any atom is -0.394 e. The highest BCUT2D eigenvalue weighted by Gasteiger charge is 2.59. The molecule has 21 N–H and O–H groups in total. The number of carbonyl (C=O) groups is 1. The van der Waals surface area contributed by atoms with Crippen LogP contribution in [0.25, 0.3) is 0 Å². The lowest BCUT2D eigenvalue weighted by atomic mass is 9.93. The summed E-state index contributed by atoms with van der Waals surface area (Å²) in [6.07, 6.45) is -65.4. The molecule has 0 saturated carbocycles. The van der Waals surface area contributed by atoms with Crippen molar-refractivity contribution in [1.82, 2.24) is 5.32 Å². The first-order valence-corrected chi connectivity index (χ1v) is 25.4. The molecule has 7 rings (SSSR count). The van der Waals surface area contributed by atoms with Crippen LogP contribution < -0.4 is 5.32 Å². The van der Waals surface area contributed by atoms with Crippen molar-refractivity contribution in [3.05, 3.63) is 0 Å². The molecular weight excluding hydrogens is 1090 g/mol. The quantitative estimate of drug-likeness (QED) is 0.0606. The zero-order valence-electron chi connectivity index (χ0n) is 42.4. The van der Waals surface area contributed by atoms with E-state index in [9.17, 15) is 107 Å². The van der Waals surface area contributed by atoms with E-state index in [-0.39, 0.29) is 0 Å². The van der Waals surface area contributed by atoms with Crippen LogP contribution in [-0.4, -0.2) is 356 Å². The Labute approximate surface area is 447 Å². The molecule has 1 amide bonds. The van der Waals surface area contributed by atoms with E-state index >= 15 is 0 Å². The summed E-state index contributed by atoms with van der Waals surface area (Å²) in [5.74, 6) is -0.929. The molecule has 0 bridgehead atoms. The molecule has 35 heteroatoms. The molecule has 7 saturated heterocycles. The maximum absolute atomic E-state index is 13.2. The van der Waals surface area contributed by atoms with Gasteiger partial charge in [-0.2, -0.15) is 0 Å². The van der Waals surface area contributed by atoms with Gasteiger partial charge >= 0.3 is 0 Å². The number of carbonyl (C=O) groups excluding carboxylic acids is 1. The highest BCUT2D eigenvalue weighted by molar-refractivity contribution is 5.73.